The Balaban J connectivity index is 0.00000190. The number of amides is 1. The molecular formula is C28H29NO6. The van der Waals surface area contributed by atoms with E-state index in [0.29, 0.717) is 17.1 Å². The Hall–Kier alpha value is -4.13. The number of carbonyl (C=O) groups excluding carboxylic acids is 2. The van der Waals surface area contributed by atoms with Crippen molar-refractivity contribution < 1.29 is 31.8 Å². The van der Waals surface area contributed by atoms with E-state index >= 15 is 0 Å². The van der Waals surface area contributed by atoms with Crippen LogP contribution in [-0.4, -0.2) is 29.6 Å². The number of nitrogens with one attached hydrogen (secondary N) is 1. The number of carboxylic acids is 1. The largest absolute Gasteiger partial charge is 0.478 e. The average molecular weight is 476 g/mol. The third-order valence-corrected chi connectivity index (χ3v) is 6.75. The maximum atomic E-state index is 13.4. The second-order valence-corrected chi connectivity index (χ2v) is 9.15. The molecule has 3 aromatic carbocycles. The summed E-state index contributed by atoms with van der Waals surface area (Å²) in [6.07, 6.45) is 1.88. The Kier molecular flexibility index (Phi) is 5.55. The van der Waals surface area contributed by atoms with Crippen LogP contribution in [0, 0.1) is 6.92 Å². The van der Waals surface area contributed by atoms with Crippen LogP contribution in [0.3, 0.4) is 0 Å². The van der Waals surface area contributed by atoms with E-state index in [9.17, 15) is 19.5 Å². The van der Waals surface area contributed by atoms with Crippen molar-refractivity contribution in [2.45, 2.75) is 38.5 Å². The number of hydrogen-bond donors (Lipinski definition) is 2. The molecule has 5 rings (SSSR count). The van der Waals surface area contributed by atoms with Crippen molar-refractivity contribution in [1.29, 1.82) is 0 Å². The highest BCUT2D eigenvalue weighted by Crippen LogP contribution is 2.51. The van der Waals surface area contributed by atoms with E-state index in [2.05, 4.69) is 5.32 Å². The summed E-state index contributed by atoms with van der Waals surface area (Å²) in [4.78, 5) is 36.7. The molecule has 0 radical (unpaired) electrons. The van der Waals surface area contributed by atoms with Crippen molar-refractivity contribution in [3.63, 3.8) is 0 Å². The van der Waals surface area contributed by atoms with E-state index in [1.165, 1.54) is 6.92 Å². The lowest BCUT2D eigenvalue weighted by Gasteiger charge is -2.16. The Morgan fingerprint density at radius 2 is 1.77 bits per heavy atom. The number of benzene rings is 3. The van der Waals surface area contributed by atoms with Crippen LogP contribution in [0.15, 0.2) is 54.6 Å². The summed E-state index contributed by atoms with van der Waals surface area (Å²) in [6.45, 7) is 3.47. The average Bonchev–Trinajstić information content (AvgIpc) is 3.51. The number of aromatic carboxylic acids is 1. The molecule has 0 spiro atoms. The first kappa shape index (κ1) is 22.7. The molecule has 1 saturated carbocycles. The molecule has 1 amide bonds. The first-order valence-corrected chi connectivity index (χ1v) is 11.4. The van der Waals surface area contributed by atoms with Gasteiger partial charge in [0.1, 0.15) is 5.78 Å². The highest BCUT2D eigenvalue weighted by Gasteiger charge is 2.50. The van der Waals surface area contributed by atoms with Gasteiger partial charge in [0.25, 0.3) is 0 Å². The van der Waals surface area contributed by atoms with Gasteiger partial charge in [-0.2, -0.15) is 0 Å². The molecule has 1 fully saturated rings. The summed E-state index contributed by atoms with van der Waals surface area (Å²) in [7, 11) is 0. The minimum Gasteiger partial charge on any atom is -0.478 e. The van der Waals surface area contributed by atoms with Crippen LogP contribution in [0.4, 0.5) is 5.69 Å². The molecule has 182 valence electrons. The monoisotopic (exact) mass is 475 g/mol. The molecule has 2 aliphatic rings. The van der Waals surface area contributed by atoms with Gasteiger partial charge in [-0.1, -0.05) is 30.3 Å². The lowest BCUT2D eigenvalue weighted by Crippen LogP contribution is -2.22. The summed E-state index contributed by atoms with van der Waals surface area (Å²) in [6, 6.07) is 16.5. The van der Waals surface area contributed by atoms with E-state index in [-0.39, 0.29) is 39.0 Å². The second kappa shape index (κ2) is 8.58. The van der Waals surface area contributed by atoms with Gasteiger partial charge in [0.15, 0.2) is 11.5 Å². The van der Waals surface area contributed by atoms with Crippen LogP contribution in [0.5, 0.6) is 11.5 Å². The molecule has 1 heterocycles. The highest BCUT2D eigenvalue weighted by molar-refractivity contribution is 6.01. The summed E-state index contributed by atoms with van der Waals surface area (Å²) < 4.78 is 10.9. The number of ether oxygens (including phenoxy) is 2. The van der Waals surface area contributed by atoms with Crippen molar-refractivity contribution in [3.8, 4) is 22.6 Å². The van der Waals surface area contributed by atoms with Gasteiger partial charge in [-0.25, -0.2) is 4.79 Å². The number of aryl methyl sites for hydroxylation is 1. The van der Waals surface area contributed by atoms with Gasteiger partial charge in [-0.15, -0.1) is 0 Å². The molecule has 0 aromatic heterocycles. The van der Waals surface area contributed by atoms with Crippen molar-refractivity contribution in [2.24, 2.45) is 0 Å². The number of ketones is 1. The SMILES string of the molecule is CC(=O)Nc1ccc(-c2cc(CC(=O)C3(c4ccc5c(c4)OCO5)CC3)ccc2C)cc1C(=O)O.[HH].[HH]. The smallest absolute Gasteiger partial charge is 0.337 e. The lowest BCUT2D eigenvalue weighted by molar-refractivity contribution is -0.120. The third kappa shape index (κ3) is 4.25. The number of fused-ring (bicyclic) bond motifs is 1. The van der Waals surface area contributed by atoms with E-state index in [4.69, 9.17) is 9.47 Å². The molecule has 7 nitrogen and oxygen atoms in total. The molecule has 2 N–H and O–H groups in total. The van der Waals surface area contributed by atoms with Gasteiger partial charge in [0.2, 0.25) is 12.7 Å². The fourth-order valence-electron chi connectivity index (χ4n) is 4.68. The van der Waals surface area contributed by atoms with Crippen molar-refractivity contribution >= 4 is 23.3 Å². The maximum Gasteiger partial charge on any atom is 0.337 e. The van der Waals surface area contributed by atoms with E-state index < -0.39 is 11.4 Å². The Bertz CT molecular complexity index is 1380. The van der Waals surface area contributed by atoms with E-state index in [1.807, 2.05) is 43.3 Å². The topological polar surface area (TPSA) is 102 Å². The summed E-state index contributed by atoms with van der Waals surface area (Å²) in [5.41, 5.74) is 4.10. The van der Waals surface area contributed by atoms with Crippen LogP contribution in [0.25, 0.3) is 11.1 Å². The third-order valence-electron chi connectivity index (χ3n) is 6.75. The minimum atomic E-state index is -1.13. The van der Waals surface area contributed by atoms with Crippen molar-refractivity contribution in [1.82, 2.24) is 0 Å². The number of carbonyl (C=O) groups is 3. The summed E-state index contributed by atoms with van der Waals surface area (Å²) in [5, 5.41) is 12.2. The predicted octanol–water partition coefficient (Wildman–Crippen LogP) is 5.38. The lowest BCUT2D eigenvalue weighted by atomic mass is 9.86. The summed E-state index contributed by atoms with van der Waals surface area (Å²) in [5.74, 6) is 0.0624. The van der Waals surface area contributed by atoms with Gasteiger partial charge < -0.3 is 19.9 Å². The molecular weight excluding hydrogens is 446 g/mol. The minimum absolute atomic E-state index is 0. The van der Waals surface area contributed by atoms with Gasteiger partial charge in [-0.3, -0.25) is 9.59 Å². The molecule has 0 saturated heterocycles. The number of rotatable bonds is 7. The quantitative estimate of drug-likeness (QED) is 0.476. The molecule has 0 bridgehead atoms. The first-order chi connectivity index (χ1) is 16.8. The Morgan fingerprint density at radius 3 is 2.49 bits per heavy atom. The fourth-order valence-corrected chi connectivity index (χ4v) is 4.68. The number of Topliss-reactive ketones (excluding diaryl/α,β-unsaturated/α-hetero) is 1. The molecule has 1 aliphatic heterocycles. The zero-order valence-corrected chi connectivity index (χ0v) is 19.5. The first-order valence-electron chi connectivity index (χ1n) is 11.4. The molecule has 0 atom stereocenters. The number of anilines is 1. The van der Waals surface area contributed by atoms with Gasteiger partial charge in [0.05, 0.1) is 16.7 Å². The van der Waals surface area contributed by atoms with E-state index in [0.717, 1.165) is 35.1 Å². The van der Waals surface area contributed by atoms with Gasteiger partial charge >= 0.3 is 5.97 Å². The predicted molar refractivity (Wildman–Crippen MR) is 134 cm³/mol. The fraction of sp³-hybridized carbons (Fsp3) is 0.250. The van der Waals surface area contributed by atoms with Gasteiger partial charge in [0, 0.05) is 16.2 Å². The van der Waals surface area contributed by atoms with Crippen molar-refractivity contribution in [3.05, 3.63) is 76.9 Å². The second-order valence-electron chi connectivity index (χ2n) is 9.15. The van der Waals surface area contributed by atoms with Crippen LogP contribution in [-0.2, 0) is 21.4 Å². The normalized spacial score (nSPS) is 14.9. The molecule has 7 heteroatoms. The zero-order chi connectivity index (χ0) is 24.7. The Morgan fingerprint density at radius 1 is 1.00 bits per heavy atom. The molecule has 0 unspecified atom stereocenters. The van der Waals surface area contributed by atoms with Crippen LogP contribution in [0.1, 0.15) is 49.7 Å². The van der Waals surface area contributed by atoms with Crippen LogP contribution in [0.2, 0.25) is 0 Å². The molecule has 35 heavy (non-hydrogen) atoms. The molecule has 1 aliphatic carbocycles. The number of hydrogen-bond acceptors (Lipinski definition) is 5. The summed E-state index contributed by atoms with van der Waals surface area (Å²) >= 11 is 0. The molecule has 3 aromatic rings. The number of carboxylic acid groups (broad SMARTS) is 1. The van der Waals surface area contributed by atoms with Crippen LogP contribution < -0.4 is 14.8 Å². The highest BCUT2D eigenvalue weighted by atomic mass is 16.7. The zero-order valence-electron chi connectivity index (χ0n) is 19.5. The Labute approximate surface area is 205 Å². The van der Waals surface area contributed by atoms with E-state index in [1.54, 1.807) is 18.2 Å². The standard InChI is InChI=1S/C28H25NO6.2H2/c1-16-3-4-18(11-21(16)19-5-7-23(29-17(2)30)22(13-19)27(32)33)12-26(31)28(9-10-28)20-6-8-24-25(14-20)35-15-34-24;;/h3-8,11,13-14H,9-10,12,15H2,1-2H3,(H,29,30)(H,32,33);2*1H. The van der Waals surface area contributed by atoms with Crippen LogP contribution >= 0.6 is 0 Å². The maximum absolute atomic E-state index is 13.4. The van der Waals surface area contributed by atoms with Crippen molar-refractivity contribution in [2.75, 3.05) is 12.1 Å². The van der Waals surface area contributed by atoms with Gasteiger partial charge in [-0.05, 0) is 71.8 Å².